The van der Waals surface area contributed by atoms with E-state index in [9.17, 15) is 9.90 Å². The average molecular weight is 314 g/mol. The summed E-state index contributed by atoms with van der Waals surface area (Å²) in [5.74, 6) is -0.449. The van der Waals surface area contributed by atoms with Gasteiger partial charge < -0.3 is 9.84 Å². The average Bonchev–Trinajstić information content (AvgIpc) is 2.50. The van der Waals surface area contributed by atoms with Crippen LogP contribution in [0, 0.1) is 0 Å². The Bertz CT molecular complexity index is 714. The minimum atomic E-state index is -0.377. The van der Waals surface area contributed by atoms with E-state index < -0.39 is 0 Å². The molecule has 0 amide bonds. The van der Waals surface area contributed by atoms with Gasteiger partial charge in [0.2, 0.25) is 0 Å². The van der Waals surface area contributed by atoms with E-state index >= 15 is 0 Å². The first-order valence-corrected chi connectivity index (χ1v) is 6.98. The van der Waals surface area contributed by atoms with Crippen molar-refractivity contribution >= 4 is 42.8 Å². The van der Waals surface area contributed by atoms with E-state index in [1.807, 2.05) is 0 Å². The SMILES string of the molecule is [B]c1cc(Cl)cc(C=Nc2ccc(C(=O)OCC)cc2)c1O. The lowest BCUT2D eigenvalue weighted by Gasteiger charge is -2.04. The predicted molar refractivity (Wildman–Crippen MR) is 88.2 cm³/mol. The van der Waals surface area contributed by atoms with Gasteiger partial charge in [-0.15, -0.1) is 0 Å². The zero-order chi connectivity index (χ0) is 16.1. The number of carbonyl (C=O) groups excluding carboxylic acids is 1. The second-order valence-corrected chi connectivity index (χ2v) is 4.89. The summed E-state index contributed by atoms with van der Waals surface area (Å²) in [4.78, 5) is 15.7. The van der Waals surface area contributed by atoms with Crippen molar-refractivity contribution in [2.45, 2.75) is 6.92 Å². The Labute approximate surface area is 134 Å². The first-order chi connectivity index (χ1) is 10.5. The van der Waals surface area contributed by atoms with Gasteiger partial charge in [0.1, 0.15) is 13.6 Å². The highest BCUT2D eigenvalue weighted by molar-refractivity contribution is 6.38. The number of nitrogens with zero attached hydrogens (tertiary/aromatic N) is 1. The standard InChI is InChI=1S/C16H13BClNO3/c1-2-22-16(21)10-3-5-13(6-4-10)19-9-11-7-12(18)8-14(17)15(11)20/h3-9,20H,2H2,1H3. The van der Waals surface area contributed by atoms with Crippen molar-refractivity contribution in [3.05, 3.63) is 52.5 Å². The van der Waals surface area contributed by atoms with Gasteiger partial charge >= 0.3 is 5.97 Å². The van der Waals surface area contributed by atoms with Crippen LogP contribution in [-0.2, 0) is 4.74 Å². The summed E-state index contributed by atoms with van der Waals surface area (Å²) in [7, 11) is 5.62. The van der Waals surface area contributed by atoms with Gasteiger partial charge in [0, 0.05) is 16.8 Å². The number of carbonyl (C=O) groups is 1. The molecule has 0 saturated heterocycles. The number of aliphatic imine (C=N–C) groups is 1. The van der Waals surface area contributed by atoms with Crippen molar-refractivity contribution < 1.29 is 14.6 Å². The molecule has 0 aliphatic rings. The highest BCUT2D eigenvalue weighted by Gasteiger charge is 2.06. The second-order valence-electron chi connectivity index (χ2n) is 4.46. The summed E-state index contributed by atoms with van der Waals surface area (Å²) in [6.45, 7) is 2.08. The molecule has 0 aliphatic carbocycles. The third kappa shape index (κ3) is 3.89. The van der Waals surface area contributed by atoms with E-state index in [-0.39, 0.29) is 17.2 Å². The number of halogens is 1. The zero-order valence-electron chi connectivity index (χ0n) is 11.9. The van der Waals surface area contributed by atoms with Gasteiger partial charge in [0.05, 0.1) is 17.9 Å². The van der Waals surface area contributed by atoms with E-state index in [1.165, 1.54) is 12.3 Å². The number of phenolic OH excluding ortho intramolecular Hbond substituents is 1. The predicted octanol–water partition coefficient (Wildman–Crippen LogP) is 2.77. The van der Waals surface area contributed by atoms with Gasteiger partial charge in [-0.3, -0.25) is 4.99 Å². The third-order valence-corrected chi connectivity index (χ3v) is 3.08. The van der Waals surface area contributed by atoms with Crippen LogP contribution in [0.5, 0.6) is 5.75 Å². The van der Waals surface area contributed by atoms with Crippen LogP contribution in [0.3, 0.4) is 0 Å². The number of aromatic hydroxyl groups is 1. The van der Waals surface area contributed by atoms with Crippen molar-refractivity contribution in [3.63, 3.8) is 0 Å². The number of ether oxygens (including phenoxy) is 1. The minimum Gasteiger partial charge on any atom is -0.508 e. The molecule has 0 spiro atoms. The number of phenols is 1. The Morgan fingerprint density at radius 1 is 1.36 bits per heavy atom. The lowest BCUT2D eigenvalue weighted by atomic mass is 9.93. The van der Waals surface area contributed by atoms with Gasteiger partial charge in [-0.1, -0.05) is 17.1 Å². The van der Waals surface area contributed by atoms with Crippen LogP contribution in [0.2, 0.25) is 5.02 Å². The lowest BCUT2D eigenvalue weighted by molar-refractivity contribution is 0.0526. The Morgan fingerprint density at radius 2 is 2.05 bits per heavy atom. The van der Waals surface area contributed by atoms with Crippen LogP contribution in [0.1, 0.15) is 22.8 Å². The van der Waals surface area contributed by atoms with Crippen molar-refractivity contribution in [2.75, 3.05) is 6.61 Å². The number of benzene rings is 2. The maximum Gasteiger partial charge on any atom is 0.338 e. The Kier molecular flexibility index (Phi) is 5.23. The first-order valence-electron chi connectivity index (χ1n) is 6.60. The molecule has 2 aromatic rings. The van der Waals surface area contributed by atoms with Gasteiger partial charge in [-0.05, 0) is 43.3 Å². The van der Waals surface area contributed by atoms with Crippen LogP contribution < -0.4 is 5.46 Å². The smallest absolute Gasteiger partial charge is 0.338 e. The van der Waals surface area contributed by atoms with Crippen LogP contribution in [0.15, 0.2) is 41.4 Å². The van der Waals surface area contributed by atoms with Crippen molar-refractivity contribution in [3.8, 4) is 5.75 Å². The highest BCUT2D eigenvalue weighted by atomic mass is 35.5. The fraction of sp³-hybridized carbons (Fsp3) is 0.125. The molecule has 22 heavy (non-hydrogen) atoms. The van der Waals surface area contributed by atoms with Crippen molar-refractivity contribution in [1.82, 2.24) is 0 Å². The van der Waals surface area contributed by atoms with E-state index in [0.717, 1.165) is 0 Å². The number of esters is 1. The Morgan fingerprint density at radius 3 is 2.68 bits per heavy atom. The molecule has 0 aliphatic heterocycles. The monoisotopic (exact) mass is 313 g/mol. The second kappa shape index (κ2) is 7.14. The van der Waals surface area contributed by atoms with Crippen molar-refractivity contribution in [1.29, 1.82) is 0 Å². The van der Waals surface area contributed by atoms with E-state index in [0.29, 0.717) is 28.4 Å². The maximum absolute atomic E-state index is 11.5. The molecule has 110 valence electrons. The fourth-order valence-electron chi connectivity index (χ4n) is 1.78. The molecule has 0 saturated carbocycles. The normalized spacial score (nSPS) is 10.8. The molecule has 1 N–H and O–H groups in total. The fourth-order valence-corrected chi connectivity index (χ4v) is 2.02. The zero-order valence-corrected chi connectivity index (χ0v) is 12.7. The highest BCUT2D eigenvalue weighted by Crippen LogP contribution is 2.19. The summed E-state index contributed by atoms with van der Waals surface area (Å²) in [6.07, 6.45) is 1.46. The first kappa shape index (κ1) is 16.1. The molecule has 0 aromatic heterocycles. The van der Waals surface area contributed by atoms with Gasteiger partial charge in [0.15, 0.2) is 0 Å². The molecule has 0 atom stereocenters. The van der Waals surface area contributed by atoms with Crippen LogP contribution in [0.4, 0.5) is 5.69 Å². The number of hydrogen-bond acceptors (Lipinski definition) is 4. The molecule has 2 radical (unpaired) electrons. The van der Waals surface area contributed by atoms with Crippen LogP contribution in [0.25, 0.3) is 0 Å². The molecule has 0 unspecified atom stereocenters. The summed E-state index contributed by atoms with van der Waals surface area (Å²) >= 11 is 5.89. The minimum absolute atomic E-state index is 0.0729. The molecule has 0 heterocycles. The van der Waals surface area contributed by atoms with E-state index in [4.69, 9.17) is 24.2 Å². The van der Waals surface area contributed by atoms with E-state index in [1.54, 1.807) is 37.3 Å². The maximum atomic E-state index is 11.5. The summed E-state index contributed by atoms with van der Waals surface area (Å²) < 4.78 is 4.90. The van der Waals surface area contributed by atoms with Gasteiger partial charge in [0.25, 0.3) is 0 Å². The summed E-state index contributed by atoms with van der Waals surface area (Å²) in [6, 6.07) is 9.61. The quantitative estimate of drug-likeness (QED) is 0.536. The molecule has 2 rings (SSSR count). The largest absolute Gasteiger partial charge is 0.508 e. The molecule has 2 aromatic carbocycles. The van der Waals surface area contributed by atoms with Gasteiger partial charge in [-0.25, -0.2) is 4.79 Å². The lowest BCUT2D eigenvalue weighted by Crippen LogP contribution is -2.05. The molecule has 0 bridgehead atoms. The third-order valence-electron chi connectivity index (χ3n) is 2.86. The molecular formula is C16H13BClNO3. The summed E-state index contributed by atoms with van der Waals surface area (Å²) in [5.41, 5.74) is 1.67. The Balaban J connectivity index is 2.19. The molecule has 4 nitrogen and oxygen atoms in total. The number of hydrogen-bond donors (Lipinski definition) is 1. The van der Waals surface area contributed by atoms with Crippen LogP contribution in [-0.4, -0.2) is 31.7 Å². The van der Waals surface area contributed by atoms with E-state index in [2.05, 4.69) is 4.99 Å². The Hall–Kier alpha value is -2.27. The molecule has 0 fully saturated rings. The van der Waals surface area contributed by atoms with Gasteiger partial charge in [-0.2, -0.15) is 0 Å². The number of rotatable bonds is 4. The van der Waals surface area contributed by atoms with Crippen molar-refractivity contribution in [2.24, 2.45) is 4.99 Å². The topological polar surface area (TPSA) is 58.9 Å². The molecular weight excluding hydrogens is 300 g/mol. The summed E-state index contributed by atoms with van der Waals surface area (Å²) in [5, 5.41) is 10.3. The molecule has 6 heteroatoms. The van der Waals surface area contributed by atoms with Crippen LogP contribution >= 0.6 is 11.6 Å².